The molecule has 0 saturated heterocycles. The average Bonchev–Trinajstić information content (AvgIpc) is 3.20. The van der Waals surface area contributed by atoms with Gasteiger partial charge in [0.25, 0.3) is 0 Å². The van der Waals surface area contributed by atoms with Crippen LogP contribution in [0, 0.1) is 11.8 Å². The van der Waals surface area contributed by atoms with Crippen LogP contribution in [-0.4, -0.2) is 35.9 Å². The molecule has 3 rings (SSSR count). The zero-order valence-electron chi connectivity index (χ0n) is 16.3. The summed E-state index contributed by atoms with van der Waals surface area (Å²) in [6, 6.07) is 3.68. The second kappa shape index (κ2) is 8.87. The number of alkyl halides is 3. The molecule has 1 aromatic carbocycles. The maximum Gasteiger partial charge on any atom is 0.416 e. The second-order valence-corrected chi connectivity index (χ2v) is 9.83. The number of nitrogens with zero attached hydrogens (tertiary/aromatic N) is 3. The van der Waals surface area contributed by atoms with Gasteiger partial charge in [0, 0.05) is 32.5 Å². The van der Waals surface area contributed by atoms with Crippen molar-refractivity contribution in [1.29, 1.82) is 0 Å². The fraction of sp³-hybridized carbons (Fsp3) is 0.550. The van der Waals surface area contributed by atoms with Gasteiger partial charge in [-0.1, -0.05) is 12.8 Å². The van der Waals surface area contributed by atoms with Gasteiger partial charge in [0.2, 0.25) is 10.0 Å². The summed E-state index contributed by atoms with van der Waals surface area (Å²) in [5, 5.41) is 0. The first-order valence-corrected chi connectivity index (χ1v) is 11.2. The number of aromatic nitrogens is 2. The first kappa shape index (κ1) is 21.8. The van der Waals surface area contributed by atoms with Crippen LogP contribution in [0.5, 0.6) is 0 Å². The molecule has 0 radical (unpaired) electrons. The Balaban J connectivity index is 1.51. The molecule has 1 heterocycles. The van der Waals surface area contributed by atoms with Crippen LogP contribution in [-0.2, 0) is 22.7 Å². The number of hydrogen-bond donors (Lipinski definition) is 0. The zero-order chi connectivity index (χ0) is 21.1. The van der Waals surface area contributed by atoms with E-state index < -0.39 is 21.8 Å². The Bertz CT molecular complexity index is 873. The number of sulfonamides is 1. The summed E-state index contributed by atoms with van der Waals surface area (Å²) in [5.41, 5.74) is -0.854. The molecule has 1 aliphatic carbocycles. The van der Waals surface area contributed by atoms with Crippen molar-refractivity contribution in [2.45, 2.75) is 49.7 Å². The third-order valence-electron chi connectivity index (χ3n) is 5.73. The highest BCUT2D eigenvalue weighted by atomic mass is 32.2. The monoisotopic (exact) mass is 429 g/mol. The molecule has 1 saturated carbocycles. The predicted molar refractivity (Wildman–Crippen MR) is 104 cm³/mol. The summed E-state index contributed by atoms with van der Waals surface area (Å²) < 4.78 is 66.8. The van der Waals surface area contributed by atoms with Gasteiger partial charge in [-0.25, -0.2) is 17.7 Å². The van der Waals surface area contributed by atoms with Crippen LogP contribution in [0.15, 0.2) is 47.9 Å². The van der Waals surface area contributed by atoms with E-state index in [2.05, 4.69) is 9.55 Å². The molecule has 0 spiro atoms. The van der Waals surface area contributed by atoms with Gasteiger partial charge in [-0.05, 0) is 55.4 Å². The van der Waals surface area contributed by atoms with Gasteiger partial charge in [0.1, 0.15) is 0 Å². The van der Waals surface area contributed by atoms with E-state index in [1.807, 2.05) is 12.5 Å². The smallest absolute Gasteiger partial charge is 0.337 e. The molecule has 0 aliphatic heterocycles. The van der Waals surface area contributed by atoms with Gasteiger partial charge in [-0.15, -0.1) is 0 Å². The highest BCUT2D eigenvalue weighted by Gasteiger charge is 2.32. The molecule has 0 unspecified atom stereocenters. The van der Waals surface area contributed by atoms with E-state index in [4.69, 9.17) is 0 Å². The lowest BCUT2D eigenvalue weighted by atomic mass is 9.80. The van der Waals surface area contributed by atoms with Crippen LogP contribution in [0.2, 0.25) is 0 Å². The fourth-order valence-electron chi connectivity index (χ4n) is 3.91. The molecular formula is C20H26F3N3O2S. The molecule has 0 amide bonds. The van der Waals surface area contributed by atoms with Crippen molar-refractivity contribution in [2.24, 2.45) is 11.8 Å². The Hall–Kier alpha value is -1.87. The van der Waals surface area contributed by atoms with Gasteiger partial charge in [0.15, 0.2) is 0 Å². The predicted octanol–water partition coefficient (Wildman–Crippen LogP) is 4.42. The highest BCUT2D eigenvalue weighted by molar-refractivity contribution is 7.89. The van der Waals surface area contributed by atoms with E-state index in [1.165, 1.54) is 11.4 Å². The van der Waals surface area contributed by atoms with Gasteiger partial charge >= 0.3 is 6.18 Å². The summed E-state index contributed by atoms with van der Waals surface area (Å²) in [5.74, 6) is 0.902. The molecule has 0 N–H and O–H groups in total. The first-order chi connectivity index (χ1) is 13.7. The highest BCUT2D eigenvalue weighted by Crippen LogP contribution is 2.33. The largest absolute Gasteiger partial charge is 0.416 e. The SMILES string of the molecule is CN(C[C@H]1CC[C@H](CCn2ccnc2)CC1)S(=O)(=O)c1ccc(C(F)(F)F)cc1. The standard InChI is InChI=1S/C20H26F3N3O2S/c1-25(29(27,28)19-8-6-18(7-9-19)20(21,22)23)14-17-4-2-16(3-5-17)10-12-26-13-11-24-15-26/h6-9,11,13,15-17H,2-5,10,12,14H2,1H3/t16-,17-. The number of rotatable bonds is 7. The third-order valence-corrected chi connectivity index (χ3v) is 7.56. The Morgan fingerprint density at radius 2 is 1.72 bits per heavy atom. The maximum absolute atomic E-state index is 12.7. The number of imidazole rings is 1. The van der Waals surface area contributed by atoms with E-state index in [-0.39, 0.29) is 10.8 Å². The minimum absolute atomic E-state index is 0.109. The quantitative estimate of drug-likeness (QED) is 0.655. The van der Waals surface area contributed by atoms with Crippen LogP contribution in [0.25, 0.3) is 0 Å². The van der Waals surface area contributed by atoms with E-state index in [0.29, 0.717) is 12.5 Å². The second-order valence-electron chi connectivity index (χ2n) is 7.78. The van der Waals surface area contributed by atoms with E-state index in [0.717, 1.165) is 62.9 Å². The maximum atomic E-state index is 12.7. The van der Waals surface area contributed by atoms with Crippen molar-refractivity contribution >= 4 is 10.0 Å². The lowest BCUT2D eigenvalue weighted by Gasteiger charge is -2.31. The van der Waals surface area contributed by atoms with Crippen molar-refractivity contribution in [3.8, 4) is 0 Å². The molecule has 2 aromatic rings. The number of halogens is 3. The Morgan fingerprint density at radius 1 is 1.10 bits per heavy atom. The van der Waals surface area contributed by atoms with Crippen LogP contribution in [0.4, 0.5) is 13.2 Å². The molecule has 160 valence electrons. The van der Waals surface area contributed by atoms with Gasteiger partial charge < -0.3 is 4.57 Å². The van der Waals surface area contributed by atoms with Gasteiger partial charge in [-0.3, -0.25) is 0 Å². The summed E-state index contributed by atoms with van der Waals surface area (Å²) in [7, 11) is -2.30. The summed E-state index contributed by atoms with van der Waals surface area (Å²) in [4.78, 5) is 3.93. The van der Waals surface area contributed by atoms with Crippen LogP contribution in [0.1, 0.15) is 37.7 Å². The molecule has 5 nitrogen and oxygen atoms in total. The molecular weight excluding hydrogens is 403 g/mol. The Morgan fingerprint density at radius 3 is 2.28 bits per heavy atom. The van der Waals surface area contributed by atoms with Crippen LogP contribution < -0.4 is 0 Å². The number of hydrogen-bond acceptors (Lipinski definition) is 3. The normalized spacial score (nSPS) is 20.9. The molecule has 0 atom stereocenters. The molecule has 1 aliphatic rings. The van der Waals surface area contributed by atoms with E-state index >= 15 is 0 Å². The van der Waals surface area contributed by atoms with Gasteiger partial charge in [-0.2, -0.15) is 13.2 Å². The van der Waals surface area contributed by atoms with E-state index in [1.54, 1.807) is 6.20 Å². The lowest BCUT2D eigenvalue weighted by molar-refractivity contribution is -0.137. The summed E-state index contributed by atoms with van der Waals surface area (Å²) in [6.45, 7) is 1.33. The average molecular weight is 430 g/mol. The summed E-state index contributed by atoms with van der Waals surface area (Å²) in [6.07, 6.45) is 6.18. The fourth-order valence-corrected chi connectivity index (χ4v) is 5.16. The van der Waals surface area contributed by atoms with E-state index in [9.17, 15) is 21.6 Å². The third kappa shape index (κ3) is 5.60. The zero-order valence-corrected chi connectivity index (χ0v) is 17.2. The molecule has 29 heavy (non-hydrogen) atoms. The topological polar surface area (TPSA) is 55.2 Å². The Labute approximate surface area is 169 Å². The van der Waals surface area contributed by atoms with Crippen molar-refractivity contribution in [3.63, 3.8) is 0 Å². The van der Waals surface area contributed by atoms with Crippen LogP contribution >= 0.6 is 0 Å². The molecule has 0 bridgehead atoms. The first-order valence-electron chi connectivity index (χ1n) is 9.75. The number of aryl methyl sites for hydroxylation is 1. The van der Waals surface area contributed by atoms with Crippen molar-refractivity contribution in [2.75, 3.05) is 13.6 Å². The van der Waals surface area contributed by atoms with Crippen molar-refractivity contribution in [3.05, 3.63) is 48.5 Å². The molecule has 9 heteroatoms. The van der Waals surface area contributed by atoms with Crippen LogP contribution in [0.3, 0.4) is 0 Å². The lowest BCUT2D eigenvalue weighted by Crippen LogP contribution is -2.33. The Kier molecular flexibility index (Phi) is 6.68. The van der Waals surface area contributed by atoms with Gasteiger partial charge in [0.05, 0.1) is 16.8 Å². The van der Waals surface area contributed by atoms with Crippen molar-refractivity contribution in [1.82, 2.24) is 13.9 Å². The minimum atomic E-state index is -4.48. The molecule has 1 fully saturated rings. The van der Waals surface area contributed by atoms with Crippen molar-refractivity contribution < 1.29 is 21.6 Å². The summed E-state index contributed by atoms with van der Waals surface area (Å²) >= 11 is 0. The molecule has 1 aromatic heterocycles. The number of benzene rings is 1. The minimum Gasteiger partial charge on any atom is -0.337 e.